The van der Waals surface area contributed by atoms with Crippen molar-refractivity contribution in [2.24, 2.45) is 0 Å². The number of aromatic nitrogens is 1. The molecule has 162 valence electrons. The molecule has 0 bridgehead atoms. The Bertz CT molecular complexity index is 1080. The van der Waals surface area contributed by atoms with Crippen LogP contribution in [-0.2, 0) is 17.8 Å². The summed E-state index contributed by atoms with van der Waals surface area (Å²) in [5.41, 5.74) is 7.52. The summed E-state index contributed by atoms with van der Waals surface area (Å²) in [6, 6.07) is 12.8. The van der Waals surface area contributed by atoms with Crippen LogP contribution in [0.3, 0.4) is 0 Å². The Morgan fingerprint density at radius 3 is 2.65 bits per heavy atom. The molecule has 0 saturated carbocycles. The van der Waals surface area contributed by atoms with Crippen LogP contribution in [0.2, 0.25) is 0 Å². The van der Waals surface area contributed by atoms with Gasteiger partial charge in [-0.2, -0.15) is 8.78 Å². The maximum absolute atomic E-state index is 13.0. The van der Waals surface area contributed by atoms with Crippen LogP contribution in [0.1, 0.15) is 11.3 Å². The number of hydrogen-bond acceptors (Lipinski definition) is 6. The molecule has 4 N–H and O–H groups in total. The summed E-state index contributed by atoms with van der Waals surface area (Å²) in [6.07, 6.45) is 1.09. The molecule has 1 aromatic heterocycles. The molecule has 0 aliphatic rings. The van der Waals surface area contributed by atoms with Crippen molar-refractivity contribution in [3.63, 3.8) is 0 Å². The zero-order chi connectivity index (χ0) is 22.4. The number of nitrogens with zero attached hydrogens (tertiary/aromatic N) is 1. The minimum Gasteiger partial charge on any atom is -0.481 e. The lowest BCUT2D eigenvalue weighted by Gasteiger charge is -2.18. The van der Waals surface area contributed by atoms with Crippen LogP contribution < -0.4 is 20.5 Å². The third kappa shape index (κ3) is 6.05. The average Bonchev–Trinajstić information content (AvgIpc) is 2.70. The van der Waals surface area contributed by atoms with E-state index >= 15 is 0 Å². The van der Waals surface area contributed by atoms with E-state index in [9.17, 15) is 13.6 Å². The van der Waals surface area contributed by atoms with Crippen LogP contribution in [0.5, 0.6) is 17.2 Å². The highest BCUT2D eigenvalue weighted by atomic mass is 79.9. The molecule has 0 aliphatic carbocycles. The van der Waals surface area contributed by atoms with Gasteiger partial charge in [-0.15, -0.1) is 0 Å². The summed E-state index contributed by atoms with van der Waals surface area (Å²) in [6.45, 7) is -2.99. The van der Waals surface area contributed by atoms with Gasteiger partial charge in [-0.1, -0.05) is 22.0 Å². The van der Waals surface area contributed by atoms with Crippen molar-refractivity contribution in [1.29, 1.82) is 0 Å². The molecule has 0 spiro atoms. The zero-order valence-corrected chi connectivity index (χ0v) is 17.6. The summed E-state index contributed by atoms with van der Waals surface area (Å²) in [4.78, 5) is 15.1. The van der Waals surface area contributed by atoms with Crippen molar-refractivity contribution in [3.05, 3.63) is 70.5 Å². The van der Waals surface area contributed by atoms with E-state index in [4.69, 9.17) is 15.6 Å². The van der Waals surface area contributed by atoms with Crippen LogP contribution in [0.25, 0.3) is 0 Å². The van der Waals surface area contributed by atoms with Crippen LogP contribution in [0.4, 0.5) is 20.2 Å². The minimum absolute atomic E-state index is 0.0490. The number of carbonyl (C=O) groups is 1. The number of ether oxygens (including phenoxy) is 2. The topological polar surface area (TPSA) is 107 Å². The van der Waals surface area contributed by atoms with E-state index in [0.29, 0.717) is 16.9 Å². The molecule has 0 aliphatic heterocycles. The smallest absolute Gasteiger partial charge is 0.387 e. The first-order chi connectivity index (χ1) is 14.8. The SMILES string of the molecule is Nc1ccc(Br)cc1NCc1c(Oc2cccnc2CC(=O)O)cccc1OC(F)F. The fourth-order valence-electron chi connectivity index (χ4n) is 2.80. The van der Waals surface area contributed by atoms with Gasteiger partial charge in [0.25, 0.3) is 0 Å². The van der Waals surface area contributed by atoms with Crippen LogP contribution >= 0.6 is 15.9 Å². The highest BCUT2D eigenvalue weighted by molar-refractivity contribution is 9.10. The monoisotopic (exact) mass is 493 g/mol. The molecule has 3 aromatic rings. The highest BCUT2D eigenvalue weighted by Gasteiger charge is 2.18. The highest BCUT2D eigenvalue weighted by Crippen LogP contribution is 2.35. The molecule has 0 saturated heterocycles. The number of anilines is 2. The van der Waals surface area contributed by atoms with Gasteiger partial charge in [0.1, 0.15) is 17.2 Å². The summed E-state index contributed by atoms with van der Waals surface area (Å²) >= 11 is 3.36. The van der Waals surface area contributed by atoms with Crippen molar-refractivity contribution in [1.82, 2.24) is 4.98 Å². The molecule has 0 fully saturated rings. The first-order valence-corrected chi connectivity index (χ1v) is 9.82. The molecular weight excluding hydrogens is 476 g/mol. The second-order valence-corrected chi connectivity index (χ2v) is 7.23. The number of nitrogen functional groups attached to an aromatic ring is 1. The first kappa shape index (κ1) is 22.3. The van der Waals surface area contributed by atoms with E-state index in [1.165, 1.54) is 18.3 Å². The molecule has 0 atom stereocenters. The van der Waals surface area contributed by atoms with Gasteiger partial charge in [0, 0.05) is 17.2 Å². The summed E-state index contributed by atoms with van der Waals surface area (Å²) in [5, 5.41) is 12.2. The second kappa shape index (κ2) is 10.1. The standard InChI is InChI=1S/C21H18BrF2N3O4/c22-12-6-7-14(25)15(9-12)27-11-13-17(3-1-4-18(13)31-21(23)24)30-19-5-2-8-26-16(19)10-20(28)29/h1-9,21,27H,10-11,25H2,(H,28,29). The number of nitrogens with two attached hydrogens (primary N) is 1. The number of halogens is 3. The first-order valence-electron chi connectivity index (χ1n) is 9.02. The Hall–Kier alpha value is -3.40. The summed E-state index contributed by atoms with van der Waals surface area (Å²) in [7, 11) is 0. The number of hydrogen-bond donors (Lipinski definition) is 3. The van der Waals surface area contributed by atoms with E-state index in [0.717, 1.165) is 4.47 Å². The minimum atomic E-state index is -3.04. The maximum atomic E-state index is 13.0. The maximum Gasteiger partial charge on any atom is 0.387 e. The molecule has 10 heteroatoms. The zero-order valence-electron chi connectivity index (χ0n) is 16.0. The largest absolute Gasteiger partial charge is 0.481 e. The molecule has 3 rings (SSSR count). The molecule has 0 amide bonds. The van der Waals surface area contributed by atoms with Crippen molar-refractivity contribution in [2.75, 3.05) is 11.1 Å². The second-order valence-electron chi connectivity index (χ2n) is 6.32. The number of nitrogens with one attached hydrogen (secondary N) is 1. The summed E-state index contributed by atoms with van der Waals surface area (Å²) in [5.74, 6) is -0.760. The molecule has 0 radical (unpaired) electrons. The van der Waals surface area contributed by atoms with Gasteiger partial charge in [0.2, 0.25) is 0 Å². The predicted octanol–water partition coefficient (Wildman–Crippen LogP) is 5.06. The fourth-order valence-corrected chi connectivity index (χ4v) is 3.16. The number of benzene rings is 2. The van der Waals surface area contributed by atoms with Gasteiger partial charge in [0.15, 0.2) is 0 Å². The predicted molar refractivity (Wildman–Crippen MR) is 115 cm³/mol. The van der Waals surface area contributed by atoms with Gasteiger partial charge in [0.05, 0.1) is 29.1 Å². The van der Waals surface area contributed by atoms with Crippen molar-refractivity contribution in [2.45, 2.75) is 19.6 Å². The van der Waals surface area contributed by atoms with Gasteiger partial charge >= 0.3 is 12.6 Å². The van der Waals surface area contributed by atoms with Crippen LogP contribution in [0, 0.1) is 0 Å². The number of pyridine rings is 1. The lowest BCUT2D eigenvalue weighted by molar-refractivity contribution is -0.136. The van der Waals surface area contributed by atoms with Gasteiger partial charge in [-0.25, -0.2) is 0 Å². The number of carboxylic acids is 1. The van der Waals surface area contributed by atoms with Gasteiger partial charge < -0.3 is 25.6 Å². The Labute approximate surface area is 184 Å². The number of alkyl halides is 2. The third-order valence-corrected chi connectivity index (χ3v) is 4.66. The molecular formula is C21H18BrF2N3O4. The normalized spacial score (nSPS) is 10.7. The Balaban J connectivity index is 1.95. The molecule has 0 unspecified atom stereocenters. The molecule has 1 heterocycles. The Morgan fingerprint density at radius 2 is 1.90 bits per heavy atom. The Kier molecular flexibility index (Phi) is 7.24. The fraction of sp³-hybridized carbons (Fsp3) is 0.143. The molecule has 31 heavy (non-hydrogen) atoms. The number of carboxylic acid groups (broad SMARTS) is 1. The lowest BCUT2D eigenvalue weighted by Crippen LogP contribution is -2.10. The van der Waals surface area contributed by atoms with E-state index in [2.05, 4.69) is 31.0 Å². The van der Waals surface area contributed by atoms with Crippen LogP contribution in [-0.4, -0.2) is 22.7 Å². The average molecular weight is 494 g/mol. The third-order valence-electron chi connectivity index (χ3n) is 4.16. The van der Waals surface area contributed by atoms with Gasteiger partial charge in [-0.3, -0.25) is 9.78 Å². The quantitative estimate of drug-likeness (QED) is 0.357. The molecule has 2 aromatic carbocycles. The van der Waals surface area contributed by atoms with E-state index in [-0.39, 0.29) is 35.9 Å². The van der Waals surface area contributed by atoms with Crippen LogP contribution in [0.15, 0.2) is 59.2 Å². The number of aliphatic carboxylic acids is 1. The molecule has 7 nitrogen and oxygen atoms in total. The van der Waals surface area contributed by atoms with Crippen molar-refractivity contribution < 1.29 is 28.2 Å². The van der Waals surface area contributed by atoms with Crippen molar-refractivity contribution in [3.8, 4) is 17.2 Å². The van der Waals surface area contributed by atoms with E-state index < -0.39 is 12.6 Å². The van der Waals surface area contributed by atoms with E-state index in [1.54, 1.807) is 36.4 Å². The number of rotatable bonds is 9. The Morgan fingerprint density at radius 1 is 1.16 bits per heavy atom. The summed E-state index contributed by atoms with van der Waals surface area (Å²) < 4.78 is 37.2. The van der Waals surface area contributed by atoms with Crippen molar-refractivity contribution >= 4 is 33.3 Å². The van der Waals surface area contributed by atoms with Gasteiger partial charge in [-0.05, 0) is 42.5 Å². The lowest BCUT2D eigenvalue weighted by atomic mass is 10.1. The van der Waals surface area contributed by atoms with E-state index in [1.807, 2.05) is 0 Å².